The van der Waals surface area contributed by atoms with Crippen molar-refractivity contribution in [1.82, 2.24) is 19.8 Å². The van der Waals surface area contributed by atoms with E-state index in [4.69, 9.17) is 0 Å². The third-order valence-electron chi connectivity index (χ3n) is 6.48. The van der Waals surface area contributed by atoms with Crippen LogP contribution >= 0.6 is 11.3 Å². The Labute approximate surface area is 168 Å². The van der Waals surface area contributed by atoms with Crippen molar-refractivity contribution in [3.05, 3.63) is 50.3 Å². The minimum Gasteiger partial charge on any atom is -0.349 e. The highest BCUT2D eigenvalue weighted by Crippen LogP contribution is 2.38. The Kier molecular flexibility index (Phi) is 4.80. The van der Waals surface area contributed by atoms with Gasteiger partial charge in [-0.3, -0.25) is 14.5 Å². The fraction of sp³-hybridized carbons (Fsp3) is 0.571. The zero-order valence-corrected chi connectivity index (χ0v) is 16.8. The van der Waals surface area contributed by atoms with Gasteiger partial charge in [0.1, 0.15) is 11.4 Å². The van der Waals surface area contributed by atoms with E-state index >= 15 is 0 Å². The molecule has 28 heavy (non-hydrogen) atoms. The molecule has 148 valence electrons. The van der Waals surface area contributed by atoms with Crippen LogP contribution < -0.4 is 10.9 Å². The highest BCUT2D eigenvalue weighted by atomic mass is 32.1. The Morgan fingerprint density at radius 1 is 1.21 bits per heavy atom. The SMILES string of the molecule is O=C(NC1CCCCC1)c1cn2c(nc1=O)[C@H]1CN(Cc3ccsc3)C[C@H]1C2. The molecular formula is C21H26N4O2S. The average Bonchev–Trinajstić information content (AvgIpc) is 3.39. The predicted octanol–water partition coefficient (Wildman–Crippen LogP) is 2.60. The van der Waals surface area contributed by atoms with Crippen molar-refractivity contribution < 1.29 is 4.79 Å². The molecule has 7 heteroatoms. The van der Waals surface area contributed by atoms with Gasteiger partial charge in [-0.05, 0) is 35.2 Å². The van der Waals surface area contributed by atoms with E-state index in [0.717, 1.165) is 57.7 Å². The molecule has 0 aromatic carbocycles. The lowest BCUT2D eigenvalue weighted by atomic mass is 9.95. The second kappa shape index (κ2) is 7.44. The first-order chi connectivity index (χ1) is 13.7. The molecule has 0 unspecified atom stereocenters. The van der Waals surface area contributed by atoms with Gasteiger partial charge in [0, 0.05) is 50.3 Å². The van der Waals surface area contributed by atoms with Gasteiger partial charge in [-0.15, -0.1) is 0 Å². The standard InChI is InChI=1S/C21H26N4O2S/c26-20(22-16-4-2-1-3-5-16)18-12-25-10-15-9-24(8-14-6-7-28-13-14)11-17(15)19(25)23-21(18)27/h6-7,12-13,15-17H,1-5,8-11H2,(H,22,26)/t15-,17-/m0/s1. The van der Waals surface area contributed by atoms with Crippen LogP contribution in [0.4, 0.5) is 0 Å². The number of carbonyl (C=O) groups excluding carboxylic acids is 1. The number of likely N-dealkylation sites (tertiary alicyclic amines) is 1. The van der Waals surface area contributed by atoms with E-state index in [1.165, 1.54) is 12.0 Å². The topological polar surface area (TPSA) is 67.2 Å². The van der Waals surface area contributed by atoms with Crippen molar-refractivity contribution in [2.24, 2.45) is 5.92 Å². The molecule has 5 rings (SSSR count). The number of amides is 1. The van der Waals surface area contributed by atoms with Crippen LogP contribution in [0, 0.1) is 5.92 Å². The van der Waals surface area contributed by atoms with Crippen molar-refractivity contribution in [2.75, 3.05) is 13.1 Å². The quantitative estimate of drug-likeness (QED) is 0.860. The third-order valence-corrected chi connectivity index (χ3v) is 7.21. The van der Waals surface area contributed by atoms with Crippen LogP contribution in [-0.2, 0) is 13.1 Å². The molecule has 0 radical (unpaired) electrons. The first-order valence-electron chi connectivity index (χ1n) is 10.3. The molecule has 1 N–H and O–H groups in total. The van der Waals surface area contributed by atoms with Gasteiger partial charge in [0.05, 0.1) is 0 Å². The minimum absolute atomic E-state index is 0.198. The Bertz CT molecular complexity index is 917. The molecule has 1 aliphatic carbocycles. The Hall–Kier alpha value is -1.99. The van der Waals surface area contributed by atoms with Crippen molar-refractivity contribution in [3.63, 3.8) is 0 Å². The number of nitrogens with one attached hydrogen (secondary N) is 1. The molecule has 3 aliphatic rings. The number of nitrogens with zero attached hydrogens (tertiary/aromatic N) is 3. The van der Waals surface area contributed by atoms with Crippen LogP contribution in [-0.4, -0.2) is 39.5 Å². The number of hydrogen-bond donors (Lipinski definition) is 1. The summed E-state index contributed by atoms with van der Waals surface area (Å²) < 4.78 is 2.05. The lowest BCUT2D eigenvalue weighted by molar-refractivity contribution is 0.0925. The summed E-state index contributed by atoms with van der Waals surface area (Å²) in [5.41, 5.74) is 1.17. The monoisotopic (exact) mass is 398 g/mol. The van der Waals surface area contributed by atoms with Gasteiger partial charge in [0.2, 0.25) is 0 Å². The maximum atomic E-state index is 12.6. The van der Waals surface area contributed by atoms with Crippen LogP contribution in [0.2, 0.25) is 0 Å². The smallest absolute Gasteiger partial charge is 0.285 e. The maximum absolute atomic E-state index is 12.6. The largest absolute Gasteiger partial charge is 0.349 e. The van der Waals surface area contributed by atoms with E-state index in [1.807, 2.05) is 0 Å². The molecule has 4 heterocycles. The van der Waals surface area contributed by atoms with E-state index in [1.54, 1.807) is 17.5 Å². The summed E-state index contributed by atoms with van der Waals surface area (Å²) in [6.45, 7) is 3.75. The molecule has 1 amide bonds. The lowest BCUT2D eigenvalue weighted by Gasteiger charge is -2.22. The molecule has 2 fully saturated rings. The predicted molar refractivity (Wildman–Crippen MR) is 109 cm³/mol. The first-order valence-corrected chi connectivity index (χ1v) is 11.3. The van der Waals surface area contributed by atoms with E-state index in [-0.39, 0.29) is 23.1 Å². The van der Waals surface area contributed by atoms with Gasteiger partial charge in [0.15, 0.2) is 0 Å². The summed E-state index contributed by atoms with van der Waals surface area (Å²) in [7, 11) is 0. The fourth-order valence-electron chi connectivity index (χ4n) is 5.07. The zero-order chi connectivity index (χ0) is 19.1. The Morgan fingerprint density at radius 2 is 2.07 bits per heavy atom. The van der Waals surface area contributed by atoms with Crippen LogP contribution in [0.1, 0.15) is 59.8 Å². The molecule has 2 atom stereocenters. The van der Waals surface area contributed by atoms with Crippen molar-refractivity contribution in [3.8, 4) is 0 Å². The number of aromatic nitrogens is 2. The average molecular weight is 399 g/mol. The van der Waals surface area contributed by atoms with Crippen LogP contribution in [0.15, 0.2) is 27.8 Å². The molecule has 2 aliphatic heterocycles. The fourth-order valence-corrected chi connectivity index (χ4v) is 5.73. The molecule has 0 bridgehead atoms. The summed E-state index contributed by atoms with van der Waals surface area (Å²) in [5.74, 6) is 1.37. The normalized spacial score (nSPS) is 24.9. The number of hydrogen-bond acceptors (Lipinski definition) is 5. The Morgan fingerprint density at radius 3 is 2.86 bits per heavy atom. The molecule has 1 saturated carbocycles. The summed E-state index contributed by atoms with van der Waals surface area (Å²) in [6, 6.07) is 2.37. The van der Waals surface area contributed by atoms with Gasteiger partial charge in [-0.25, -0.2) is 0 Å². The second-order valence-electron chi connectivity index (χ2n) is 8.47. The van der Waals surface area contributed by atoms with Crippen LogP contribution in [0.5, 0.6) is 0 Å². The molecule has 1 saturated heterocycles. The maximum Gasteiger partial charge on any atom is 0.285 e. The van der Waals surface area contributed by atoms with Gasteiger partial charge in [-0.2, -0.15) is 16.3 Å². The molecule has 2 aromatic rings. The number of thiophene rings is 1. The second-order valence-corrected chi connectivity index (χ2v) is 9.25. The van der Waals surface area contributed by atoms with E-state index in [9.17, 15) is 9.59 Å². The molecule has 0 spiro atoms. The number of rotatable bonds is 4. The highest BCUT2D eigenvalue weighted by molar-refractivity contribution is 7.07. The summed E-state index contributed by atoms with van der Waals surface area (Å²) in [6.07, 6.45) is 7.31. The molecule has 2 aromatic heterocycles. The lowest BCUT2D eigenvalue weighted by Crippen LogP contribution is -2.39. The van der Waals surface area contributed by atoms with Gasteiger partial charge in [0.25, 0.3) is 11.5 Å². The van der Waals surface area contributed by atoms with Gasteiger partial charge >= 0.3 is 0 Å². The number of fused-ring (bicyclic) bond motifs is 3. The van der Waals surface area contributed by atoms with Crippen molar-refractivity contribution >= 4 is 17.2 Å². The zero-order valence-electron chi connectivity index (χ0n) is 16.0. The van der Waals surface area contributed by atoms with Crippen LogP contribution in [0.3, 0.4) is 0 Å². The molecule has 6 nitrogen and oxygen atoms in total. The van der Waals surface area contributed by atoms with E-state index in [0.29, 0.717) is 11.8 Å². The van der Waals surface area contributed by atoms with E-state index in [2.05, 4.69) is 36.6 Å². The van der Waals surface area contributed by atoms with Crippen molar-refractivity contribution in [1.29, 1.82) is 0 Å². The summed E-state index contributed by atoms with van der Waals surface area (Å²) in [5, 5.41) is 7.36. The summed E-state index contributed by atoms with van der Waals surface area (Å²) >= 11 is 1.73. The Balaban J connectivity index is 1.30. The van der Waals surface area contributed by atoms with Gasteiger partial charge < -0.3 is 9.88 Å². The van der Waals surface area contributed by atoms with Gasteiger partial charge in [-0.1, -0.05) is 19.3 Å². The third kappa shape index (κ3) is 3.42. The molecular weight excluding hydrogens is 372 g/mol. The van der Waals surface area contributed by atoms with E-state index < -0.39 is 0 Å². The minimum atomic E-state index is -0.378. The van der Waals surface area contributed by atoms with Crippen LogP contribution in [0.25, 0.3) is 0 Å². The van der Waals surface area contributed by atoms with Crippen molar-refractivity contribution in [2.45, 2.75) is 57.2 Å². The summed E-state index contributed by atoms with van der Waals surface area (Å²) in [4.78, 5) is 32.0. The first kappa shape index (κ1) is 18.1. The highest BCUT2D eigenvalue weighted by Gasteiger charge is 2.41. The number of carbonyl (C=O) groups is 1.